The van der Waals surface area contributed by atoms with Crippen molar-refractivity contribution in [3.63, 3.8) is 0 Å². The van der Waals surface area contributed by atoms with Crippen LogP contribution in [0.3, 0.4) is 0 Å². The first kappa shape index (κ1) is 18.1. The van der Waals surface area contributed by atoms with Gasteiger partial charge in [0.05, 0.1) is 13.2 Å². The van der Waals surface area contributed by atoms with Gasteiger partial charge in [-0.1, -0.05) is 37.3 Å². The normalized spacial score (nSPS) is 13.4. The second kappa shape index (κ2) is 9.17. The Morgan fingerprint density at radius 1 is 1.14 bits per heavy atom. The number of hydrogen-bond donors (Lipinski definition) is 2. The number of carbonyl (C=O) groups excluding carboxylic acids is 1. The standard InChI is InChI=1S/C16H23NO5/c1-3-16(15(19)20,13-8-6-5-7-9-13)17-14(18)12-22-11-10-21-4-2/h5-9H,3-4,10-12H2,1-2H3,(H,17,18)(H,19,20). The molecule has 0 heterocycles. The first-order valence-corrected chi connectivity index (χ1v) is 7.32. The van der Waals surface area contributed by atoms with Gasteiger partial charge in [0, 0.05) is 6.61 Å². The first-order chi connectivity index (χ1) is 10.6. The van der Waals surface area contributed by atoms with E-state index in [1.807, 2.05) is 6.92 Å². The summed E-state index contributed by atoms with van der Waals surface area (Å²) in [4.78, 5) is 23.7. The van der Waals surface area contributed by atoms with Gasteiger partial charge < -0.3 is 19.9 Å². The molecule has 1 amide bonds. The lowest BCUT2D eigenvalue weighted by Gasteiger charge is -2.30. The van der Waals surface area contributed by atoms with Crippen molar-refractivity contribution in [2.24, 2.45) is 0 Å². The average Bonchev–Trinajstić information content (AvgIpc) is 2.53. The van der Waals surface area contributed by atoms with E-state index in [1.165, 1.54) is 0 Å². The highest BCUT2D eigenvalue weighted by molar-refractivity contribution is 5.88. The van der Waals surface area contributed by atoms with Crippen LogP contribution >= 0.6 is 0 Å². The Labute approximate surface area is 130 Å². The van der Waals surface area contributed by atoms with Crippen LogP contribution in [0.2, 0.25) is 0 Å². The molecule has 0 fully saturated rings. The van der Waals surface area contributed by atoms with E-state index in [0.29, 0.717) is 25.4 Å². The zero-order valence-electron chi connectivity index (χ0n) is 13.0. The molecule has 2 N–H and O–H groups in total. The molecule has 1 atom stereocenters. The third-order valence-corrected chi connectivity index (χ3v) is 3.32. The van der Waals surface area contributed by atoms with Crippen molar-refractivity contribution in [2.45, 2.75) is 25.8 Å². The molecule has 1 aromatic rings. The molecule has 0 aliphatic rings. The fraction of sp³-hybridized carbons (Fsp3) is 0.500. The molecule has 22 heavy (non-hydrogen) atoms. The molecular weight excluding hydrogens is 286 g/mol. The smallest absolute Gasteiger partial charge is 0.334 e. The van der Waals surface area contributed by atoms with E-state index in [1.54, 1.807) is 37.3 Å². The van der Waals surface area contributed by atoms with Crippen molar-refractivity contribution in [1.29, 1.82) is 0 Å². The highest BCUT2D eigenvalue weighted by Gasteiger charge is 2.40. The molecule has 6 nitrogen and oxygen atoms in total. The second-order valence-electron chi connectivity index (χ2n) is 4.73. The lowest BCUT2D eigenvalue weighted by Crippen LogP contribution is -2.52. The zero-order valence-corrected chi connectivity index (χ0v) is 13.0. The number of benzene rings is 1. The number of nitrogens with one attached hydrogen (secondary N) is 1. The van der Waals surface area contributed by atoms with Crippen LogP contribution in [0.15, 0.2) is 30.3 Å². The third-order valence-electron chi connectivity index (χ3n) is 3.32. The fourth-order valence-electron chi connectivity index (χ4n) is 2.12. The summed E-state index contributed by atoms with van der Waals surface area (Å²) in [5, 5.41) is 12.2. The monoisotopic (exact) mass is 309 g/mol. The highest BCUT2D eigenvalue weighted by atomic mass is 16.5. The Bertz CT molecular complexity index is 477. The van der Waals surface area contributed by atoms with Crippen LogP contribution in [0.1, 0.15) is 25.8 Å². The maximum absolute atomic E-state index is 12.0. The maximum atomic E-state index is 12.0. The van der Waals surface area contributed by atoms with Crippen molar-refractivity contribution in [3.8, 4) is 0 Å². The van der Waals surface area contributed by atoms with Crippen molar-refractivity contribution >= 4 is 11.9 Å². The molecule has 1 aromatic carbocycles. The number of aliphatic carboxylic acids is 1. The predicted molar refractivity (Wildman–Crippen MR) is 81.5 cm³/mol. The van der Waals surface area contributed by atoms with E-state index >= 15 is 0 Å². The molecule has 6 heteroatoms. The summed E-state index contributed by atoms with van der Waals surface area (Å²) in [5.74, 6) is -1.56. The molecule has 0 bridgehead atoms. The van der Waals surface area contributed by atoms with E-state index < -0.39 is 17.4 Å². The highest BCUT2D eigenvalue weighted by Crippen LogP contribution is 2.25. The van der Waals surface area contributed by atoms with Crippen LogP contribution < -0.4 is 5.32 Å². The SMILES string of the molecule is CCOCCOCC(=O)NC(CC)(C(=O)O)c1ccccc1. The summed E-state index contributed by atoms with van der Waals surface area (Å²) >= 11 is 0. The summed E-state index contributed by atoms with van der Waals surface area (Å²) < 4.78 is 10.3. The molecule has 0 aliphatic heterocycles. The Morgan fingerprint density at radius 3 is 2.32 bits per heavy atom. The van der Waals surface area contributed by atoms with E-state index in [0.717, 1.165) is 0 Å². The Morgan fingerprint density at radius 2 is 1.77 bits per heavy atom. The number of amides is 1. The van der Waals surface area contributed by atoms with E-state index in [9.17, 15) is 14.7 Å². The van der Waals surface area contributed by atoms with Crippen LogP contribution in [0.5, 0.6) is 0 Å². The number of rotatable bonds is 10. The van der Waals surface area contributed by atoms with Crippen molar-refractivity contribution < 1.29 is 24.2 Å². The molecule has 0 spiro atoms. The molecular formula is C16H23NO5. The van der Waals surface area contributed by atoms with Crippen LogP contribution in [-0.4, -0.2) is 43.4 Å². The summed E-state index contributed by atoms with van der Waals surface area (Å²) in [6.07, 6.45) is 0.233. The molecule has 122 valence electrons. The number of hydrogen-bond acceptors (Lipinski definition) is 4. The minimum Gasteiger partial charge on any atom is -0.479 e. The minimum absolute atomic E-state index is 0.199. The topological polar surface area (TPSA) is 84.9 Å². The van der Waals surface area contributed by atoms with Crippen molar-refractivity contribution in [1.82, 2.24) is 5.32 Å². The summed E-state index contributed by atoms with van der Waals surface area (Å²) in [7, 11) is 0. The van der Waals surface area contributed by atoms with Gasteiger partial charge in [-0.25, -0.2) is 4.79 Å². The molecule has 0 saturated carbocycles. The molecule has 0 aliphatic carbocycles. The number of carbonyl (C=O) groups is 2. The van der Waals surface area contributed by atoms with Crippen molar-refractivity contribution in [3.05, 3.63) is 35.9 Å². The lowest BCUT2D eigenvalue weighted by atomic mass is 9.87. The maximum Gasteiger partial charge on any atom is 0.334 e. The van der Waals surface area contributed by atoms with Gasteiger partial charge in [-0.2, -0.15) is 0 Å². The van der Waals surface area contributed by atoms with E-state index in [2.05, 4.69) is 5.32 Å². The largest absolute Gasteiger partial charge is 0.479 e. The molecule has 1 unspecified atom stereocenters. The average molecular weight is 309 g/mol. The summed E-state index contributed by atoms with van der Waals surface area (Å²) in [6.45, 7) is 4.67. The van der Waals surface area contributed by atoms with Gasteiger partial charge in [0.15, 0.2) is 5.54 Å². The molecule has 0 radical (unpaired) electrons. The van der Waals surface area contributed by atoms with E-state index in [-0.39, 0.29) is 13.0 Å². The second-order valence-corrected chi connectivity index (χ2v) is 4.73. The van der Waals surface area contributed by atoms with Gasteiger partial charge in [-0.05, 0) is 18.9 Å². The van der Waals surface area contributed by atoms with E-state index in [4.69, 9.17) is 9.47 Å². The van der Waals surface area contributed by atoms with Crippen LogP contribution in [0.4, 0.5) is 0 Å². The summed E-state index contributed by atoms with van der Waals surface area (Å²) in [6, 6.07) is 8.66. The van der Waals surface area contributed by atoms with Crippen molar-refractivity contribution in [2.75, 3.05) is 26.4 Å². The quantitative estimate of drug-likeness (QED) is 0.641. The number of ether oxygens (including phenoxy) is 2. The number of carboxylic acid groups (broad SMARTS) is 1. The van der Waals surface area contributed by atoms with Gasteiger partial charge in [0.25, 0.3) is 0 Å². The van der Waals surface area contributed by atoms with Gasteiger partial charge in [-0.3, -0.25) is 4.79 Å². The minimum atomic E-state index is -1.44. The Hall–Kier alpha value is -1.92. The predicted octanol–water partition coefficient (Wildman–Crippen LogP) is 1.55. The van der Waals surface area contributed by atoms with Gasteiger partial charge in [0.1, 0.15) is 6.61 Å². The molecule has 0 aromatic heterocycles. The van der Waals surface area contributed by atoms with Crippen LogP contribution in [-0.2, 0) is 24.6 Å². The fourth-order valence-corrected chi connectivity index (χ4v) is 2.12. The van der Waals surface area contributed by atoms with Gasteiger partial charge in [-0.15, -0.1) is 0 Å². The number of carboxylic acids is 1. The zero-order chi connectivity index (χ0) is 16.4. The Kier molecular flexibility index (Phi) is 7.56. The molecule has 0 saturated heterocycles. The lowest BCUT2D eigenvalue weighted by molar-refractivity contribution is -0.149. The van der Waals surface area contributed by atoms with Crippen LogP contribution in [0.25, 0.3) is 0 Å². The van der Waals surface area contributed by atoms with Gasteiger partial charge >= 0.3 is 5.97 Å². The first-order valence-electron chi connectivity index (χ1n) is 7.32. The summed E-state index contributed by atoms with van der Waals surface area (Å²) in [5.41, 5.74) is -0.908. The van der Waals surface area contributed by atoms with Crippen LogP contribution in [0, 0.1) is 0 Å². The van der Waals surface area contributed by atoms with Gasteiger partial charge in [0.2, 0.25) is 5.91 Å². The Balaban J connectivity index is 2.70. The molecule has 1 rings (SSSR count). The third kappa shape index (κ3) is 4.82.